The molecule has 2 aliphatic rings. The normalized spacial score (nSPS) is 23.5. The summed E-state index contributed by atoms with van der Waals surface area (Å²) in [6.07, 6.45) is 4.31. The van der Waals surface area contributed by atoms with Crippen LogP contribution in [0, 0.1) is 12.8 Å². The summed E-state index contributed by atoms with van der Waals surface area (Å²) >= 11 is 6.99. The monoisotopic (exact) mass is 667 g/mol. The van der Waals surface area contributed by atoms with Gasteiger partial charge in [0.15, 0.2) is 0 Å². The van der Waals surface area contributed by atoms with Crippen molar-refractivity contribution in [3.05, 3.63) is 68.7 Å². The minimum atomic E-state index is -1.14. The molecule has 0 radical (unpaired) electrons. The highest BCUT2D eigenvalue weighted by Gasteiger charge is 2.51. The Labute approximate surface area is 276 Å². The molecule has 46 heavy (non-hydrogen) atoms. The molecule has 4 aromatic rings. The number of nitrogens with one attached hydrogen (secondary N) is 1. The lowest BCUT2D eigenvalue weighted by Gasteiger charge is -2.30. The van der Waals surface area contributed by atoms with Crippen molar-refractivity contribution in [3.63, 3.8) is 0 Å². The highest BCUT2D eigenvalue weighted by molar-refractivity contribution is 7.80. The van der Waals surface area contributed by atoms with Crippen LogP contribution in [0.2, 0.25) is 0 Å². The molecule has 2 unspecified atom stereocenters. The first-order valence-corrected chi connectivity index (χ1v) is 16.8. The summed E-state index contributed by atoms with van der Waals surface area (Å²) in [5.74, 6) is 1.15. The topological polar surface area (TPSA) is 147 Å². The quantitative estimate of drug-likeness (QED) is 0.210. The molecule has 0 saturated heterocycles. The van der Waals surface area contributed by atoms with Crippen molar-refractivity contribution in [3.8, 4) is 16.5 Å². The highest BCUT2D eigenvalue weighted by Crippen LogP contribution is 2.48. The third-order valence-electron chi connectivity index (χ3n) is 9.62. The number of hydrogen-bond acceptors (Lipinski definition) is 10. The predicted octanol–water partition coefficient (Wildman–Crippen LogP) is 4.26. The summed E-state index contributed by atoms with van der Waals surface area (Å²) in [6.45, 7) is 7.94. The Hall–Kier alpha value is -3.36. The van der Waals surface area contributed by atoms with E-state index in [0.29, 0.717) is 69.5 Å². The number of fused-ring (bicyclic) bond motifs is 2. The van der Waals surface area contributed by atoms with Crippen molar-refractivity contribution in [1.82, 2.24) is 19.4 Å². The van der Waals surface area contributed by atoms with Crippen molar-refractivity contribution < 1.29 is 19.0 Å². The SMILES string of the molecule is CCNC(=S)C(C)(C)n1c(=O)c2c(C)c(-c3ncco3)sc2n(CC(O[C@H]2CC3C[C@@H](O)C[C@@]3(N)C2)c2ccccc2OC)c1=O. The number of benzene rings is 1. The van der Waals surface area contributed by atoms with Gasteiger partial charge in [-0.05, 0) is 70.9 Å². The average Bonchev–Trinajstić information content (AvgIpc) is 3.77. The van der Waals surface area contributed by atoms with Gasteiger partial charge in [-0.2, -0.15) is 0 Å². The molecule has 4 N–H and O–H groups in total. The number of likely N-dealkylation sites (N-methyl/N-ethyl adjacent to an activating group) is 1. The summed E-state index contributed by atoms with van der Waals surface area (Å²) in [5, 5.41) is 13.8. The fourth-order valence-electron chi connectivity index (χ4n) is 7.32. The standard InChI is InChI=1S/C33H41N5O6S2/c1-6-35-30(45)32(3,4)38-28(40)25-18(2)26(27-36-11-12-43-27)46-29(25)37(31(38)41)17-24(22-9-7-8-10-23(22)42-5)44-21-14-19-13-20(39)15-33(19,34)16-21/h7-12,19-21,24,39H,6,13-17,34H2,1-5H3,(H,35,45)/t19?,20-,21+,24?,33-/m1/s1. The van der Waals surface area contributed by atoms with E-state index in [9.17, 15) is 14.7 Å². The first kappa shape index (κ1) is 32.6. The van der Waals surface area contributed by atoms with E-state index in [1.807, 2.05) is 38.1 Å². The van der Waals surface area contributed by atoms with E-state index >= 15 is 0 Å². The van der Waals surface area contributed by atoms with E-state index in [4.69, 9.17) is 31.8 Å². The third kappa shape index (κ3) is 5.51. The first-order chi connectivity index (χ1) is 21.9. The van der Waals surface area contributed by atoms with Crippen LogP contribution >= 0.6 is 23.6 Å². The van der Waals surface area contributed by atoms with E-state index in [-0.39, 0.29) is 18.6 Å². The Kier molecular flexibility index (Phi) is 8.74. The van der Waals surface area contributed by atoms with Crippen LogP contribution in [-0.2, 0) is 16.8 Å². The van der Waals surface area contributed by atoms with Crippen molar-refractivity contribution in [2.24, 2.45) is 11.7 Å². The van der Waals surface area contributed by atoms with Gasteiger partial charge >= 0.3 is 5.69 Å². The lowest BCUT2D eigenvalue weighted by molar-refractivity contribution is -0.0261. The van der Waals surface area contributed by atoms with Crippen LogP contribution in [0.3, 0.4) is 0 Å². The van der Waals surface area contributed by atoms with E-state index in [1.54, 1.807) is 31.7 Å². The zero-order chi connectivity index (χ0) is 33.0. The summed E-state index contributed by atoms with van der Waals surface area (Å²) in [6, 6.07) is 7.59. The number of aryl methyl sites for hydroxylation is 1. The molecule has 1 aromatic carbocycles. The molecule has 5 atom stereocenters. The Morgan fingerprint density at radius 3 is 2.74 bits per heavy atom. The maximum Gasteiger partial charge on any atom is 0.333 e. The van der Waals surface area contributed by atoms with Crippen LogP contribution < -0.4 is 27.0 Å². The molecular weight excluding hydrogens is 627 g/mol. The molecule has 2 saturated carbocycles. The second kappa shape index (κ2) is 12.3. The average molecular weight is 668 g/mol. The molecule has 2 aliphatic carbocycles. The number of rotatable bonds is 10. The molecule has 0 amide bonds. The Morgan fingerprint density at radius 2 is 2.07 bits per heavy atom. The number of aliphatic hydroxyl groups excluding tert-OH is 1. The van der Waals surface area contributed by atoms with Gasteiger partial charge in [-0.3, -0.25) is 9.36 Å². The second-order valence-corrected chi connectivity index (χ2v) is 14.4. The largest absolute Gasteiger partial charge is 0.496 e. The smallest absolute Gasteiger partial charge is 0.333 e. The fourth-order valence-corrected chi connectivity index (χ4v) is 8.80. The van der Waals surface area contributed by atoms with Crippen LogP contribution in [0.1, 0.15) is 63.7 Å². The number of methoxy groups -OCH3 is 1. The lowest BCUT2D eigenvalue weighted by Crippen LogP contribution is -2.55. The van der Waals surface area contributed by atoms with Gasteiger partial charge in [0.2, 0.25) is 5.89 Å². The molecule has 13 heteroatoms. The molecule has 11 nitrogen and oxygen atoms in total. The summed E-state index contributed by atoms with van der Waals surface area (Å²) in [4.78, 5) is 34.8. The number of ether oxygens (including phenoxy) is 2. The van der Waals surface area contributed by atoms with Gasteiger partial charge in [-0.1, -0.05) is 30.4 Å². The molecular formula is C33H41N5O6S2. The second-order valence-electron chi connectivity index (χ2n) is 13.0. The number of thiophene rings is 1. The molecule has 2 fully saturated rings. The number of nitrogens with zero attached hydrogens (tertiary/aromatic N) is 3. The zero-order valence-electron chi connectivity index (χ0n) is 26.7. The van der Waals surface area contributed by atoms with E-state index < -0.39 is 34.5 Å². The van der Waals surface area contributed by atoms with Gasteiger partial charge < -0.3 is 30.0 Å². The Morgan fingerprint density at radius 1 is 1.30 bits per heavy atom. The summed E-state index contributed by atoms with van der Waals surface area (Å²) in [5.41, 5.74) is 5.65. The van der Waals surface area contributed by atoms with E-state index in [1.165, 1.54) is 22.2 Å². The highest BCUT2D eigenvalue weighted by atomic mass is 32.1. The fraction of sp³-hybridized carbons (Fsp3) is 0.515. The number of hydrogen-bond donors (Lipinski definition) is 3. The number of nitrogens with two attached hydrogens (primary N) is 1. The number of oxazole rings is 1. The van der Waals surface area contributed by atoms with Crippen LogP contribution in [0.25, 0.3) is 21.0 Å². The minimum absolute atomic E-state index is 0.0897. The van der Waals surface area contributed by atoms with Crippen molar-refractivity contribution >= 4 is 38.8 Å². The van der Waals surface area contributed by atoms with Gasteiger partial charge in [-0.25, -0.2) is 14.3 Å². The number of aliphatic hydroxyl groups is 1. The van der Waals surface area contributed by atoms with Crippen LogP contribution in [-0.4, -0.2) is 55.6 Å². The first-order valence-electron chi connectivity index (χ1n) is 15.6. The zero-order valence-corrected chi connectivity index (χ0v) is 28.4. The van der Waals surface area contributed by atoms with Crippen molar-refractivity contribution in [2.45, 2.75) is 89.3 Å². The molecule has 0 bridgehead atoms. The molecule has 246 valence electrons. The van der Waals surface area contributed by atoms with Gasteiger partial charge in [0, 0.05) is 17.6 Å². The van der Waals surface area contributed by atoms with Gasteiger partial charge in [0.25, 0.3) is 5.56 Å². The number of aromatic nitrogens is 3. The Bertz CT molecular complexity index is 1880. The number of para-hydroxylation sites is 1. The van der Waals surface area contributed by atoms with Crippen molar-refractivity contribution in [2.75, 3.05) is 13.7 Å². The Balaban J connectivity index is 1.53. The molecule has 0 aliphatic heterocycles. The van der Waals surface area contributed by atoms with Crippen LogP contribution in [0.4, 0.5) is 0 Å². The van der Waals surface area contributed by atoms with Crippen LogP contribution in [0.5, 0.6) is 5.75 Å². The molecule has 3 heterocycles. The van der Waals surface area contributed by atoms with Crippen molar-refractivity contribution in [1.29, 1.82) is 0 Å². The molecule has 0 spiro atoms. The van der Waals surface area contributed by atoms with Gasteiger partial charge in [0.1, 0.15) is 27.9 Å². The minimum Gasteiger partial charge on any atom is -0.496 e. The maximum absolute atomic E-state index is 14.6. The van der Waals surface area contributed by atoms with E-state index in [2.05, 4.69) is 10.3 Å². The van der Waals surface area contributed by atoms with Crippen LogP contribution in [0.15, 0.2) is 50.7 Å². The molecule has 3 aromatic heterocycles. The lowest BCUT2D eigenvalue weighted by atomic mass is 9.92. The predicted molar refractivity (Wildman–Crippen MR) is 182 cm³/mol. The maximum atomic E-state index is 14.6. The summed E-state index contributed by atoms with van der Waals surface area (Å²) < 4.78 is 21.1. The van der Waals surface area contributed by atoms with Gasteiger partial charge in [0.05, 0.1) is 47.9 Å². The summed E-state index contributed by atoms with van der Waals surface area (Å²) in [7, 11) is 1.60. The van der Waals surface area contributed by atoms with Gasteiger partial charge in [-0.15, -0.1) is 11.3 Å². The number of thiocarbonyl (C=S) groups is 1. The molecule has 6 rings (SSSR count). The third-order valence-corrected chi connectivity index (χ3v) is 11.6. The van der Waals surface area contributed by atoms with E-state index in [0.717, 1.165) is 5.56 Å².